The van der Waals surface area contributed by atoms with Crippen LogP contribution >= 0.6 is 11.6 Å². The van der Waals surface area contributed by atoms with Crippen molar-refractivity contribution in [2.75, 3.05) is 20.2 Å². The fourth-order valence-corrected chi connectivity index (χ4v) is 3.13. The van der Waals surface area contributed by atoms with Crippen molar-refractivity contribution in [3.63, 3.8) is 0 Å². The highest BCUT2D eigenvalue weighted by Gasteiger charge is 2.30. The Morgan fingerprint density at radius 3 is 2.61 bits per heavy atom. The van der Waals surface area contributed by atoms with Crippen LogP contribution < -0.4 is 10.1 Å². The number of nitrogens with one attached hydrogen (secondary N) is 1. The Balaban J connectivity index is 2.15. The molecule has 0 bridgehead atoms. The van der Waals surface area contributed by atoms with Crippen molar-refractivity contribution in [1.29, 1.82) is 0 Å². The Kier molecular flexibility index (Phi) is 6.71. The van der Waals surface area contributed by atoms with E-state index < -0.39 is 34.3 Å². The van der Waals surface area contributed by atoms with Crippen molar-refractivity contribution in [3.8, 4) is 5.75 Å². The predicted molar refractivity (Wildman–Crippen MR) is 103 cm³/mol. The summed E-state index contributed by atoms with van der Waals surface area (Å²) >= 11 is 5.94. The van der Waals surface area contributed by atoms with Gasteiger partial charge >= 0.3 is 6.09 Å². The summed E-state index contributed by atoms with van der Waals surface area (Å²) in [6, 6.07) is 2.50. The molecule has 1 heterocycles. The molecule has 2 rings (SSSR count). The lowest BCUT2D eigenvalue weighted by atomic mass is 10.1. The van der Waals surface area contributed by atoms with Crippen molar-refractivity contribution < 1.29 is 24.0 Å². The molecular formula is C18H24ClN3O6. The summed E-state index contributed by atoms with van der Waals surface area (Å²) in [5.41, 5.74) is -0.744. The number of amides is 2. The Morgan fingerprint density at radius 2 is 2.04 bits per heavy atom. The third kappa shape index (κ3) is 5.48. The molecular weight excluding hydrogens is 390 g/mol. The number of likely N-dealkylation sites (tertiary alicyclic amines) is 1. The van der Waals surface area contributed by atoms with Crippen molar-refractivity contribution in [3.05, 3.63) is 32.8 Å². The Hall–Kier alpha value is -2.55. The minimum absolute atomic E-state index is 0.0496. The number of halogens is 1. The second-order valence-corrected chi connectivity index (χ2v) is 7.94. The average molecular weight is 414 g/mol. The van der Waals surface area contributed by atoms with Gasteiger partial charge in [0.1, 0.15) is 11.9 Å². The molecule has 1 aliphatic rings. The second kappa shape index (κ2) is 8.64. The zero-order valence-corrected chi connectivity index (χ0v) is 17.0. The summed E-state index contributed by atoms with van der Waals surface area (Å²) in [4.78, 5) is 36.9. The lowest BCUT2D eigenvalue weighted by Gasteiger charge is -2.33. The van der Waals surface area contributed by atoms with E-state index in [2.05, 4.69) is 5.32 Å². The van der Waals surface area contributed by atoms with Gasteiger partial charge in [0, 0.05) is 18.2 Å². The molecule has 10 heteroatoms. The molecule has 2 amide bonds. The molecule has 9 nitrogen and oxygen atoms in total. The topological polar surface area (TPSA) is 111 Å². The molecule has 1 aliphatic heterocycles. The minimum Gasteiger partial charge on any atom is -0.495 e. The first-order valence-corrected chi connectivity index (χ1v) is 9.19. The van der Waals surface area contributed by atoms with E-state index in [4.69, 9.17) is 21.1 Å². The smallest absolute Gasteiger partial charge is 0.407 e. The number of nitro groups is 1. The van der Waals surface area contributed by atoms with E-state index in [-0.39, 0.29) is 22.9 Å². The van der Waals surface area contributed by atoms with E-state index in [1.807, 2.05) is 20.8 Å². The first-order chi connectivity index (χ1) is 13.0. The molecule has 1 fully saturated rings. The molecule has 1 N–H and O–H groups in total. The maximum Gasteiger partial charge on any atom is 0.407 e. The molecule has 0 unspecified atom stereocenters. The summed E-state index contributed by atoms with van der Waals surface area (Å²) in [5.74, 6) is -0.365. The van der Waals surface area contributed by atoms with E-state index in [1.165, 1.54) is 18.1 Å². The molecule has 1 atom stereocenters. The fraction of sp³-hybridized carbons (Fsp3) is 0.556. The van der Waals surface area contributed by atoms with Crippen LogP contribution in [0.25, 0.3) is 0 Å². The Labute approximate surface area is 168 Å². The van der Waals surface area contributed by atoms with Crippen LogP contribution in [-0.2, 0) is 4.74 Å². The number of carbonyl (C=O) groups is 2. The maximum absolute atomic E-state index is 12.9. The van der Waals surface area contributed by atoms with Crippen LogP contribution in [0.4, 0.5) is 10.5 Å². The van der Waals surface area contributed by atoms with E-state index >= 15 is 0 Å². The SMILES string of the molecule is COc1cc(C(=O)N2CCC[C@@H](OC(=O)NC(C)(C)C)C2)cc([N+](=O)[O-])c1Cl. The van der Waals surface area contributed by atoms with Gasteiger partial charge in [-0.25, -0.2) is 4.79 Å². The molecule has 28 heavy (non-hydrogen) atoms. The molecule has 1 aromatic rings. The lowest BCUT2D eigenvalue weighted by Crippen LogP contribution is -2.47. The minimum atomic E-state index is -0.666. The number of benzene rings is 1. The number of hydrogen-bond acceptors (Lipinski definition) is 6. The number of hydrogen-bond donors (Lipinski definition) is 1. The zero-order valence-electron chi connectivity index (χ0n) is 16.3. The number of alkyl carbamates (subject to hydrolysis) is 1. The van der Waals surface area contributed by atoms with Gasteiger partial charge in [-0.1, -0.05) is 11.6 Å². The number of ether oxygens (including phenoxy) is 2. The van der Waals surface area contributed by atoms with Crippen LogP contribution in [0.5, 0.6) is 5.75 Å². The van der Waals surface area contributed by atoms with Crippen LogP contribution in [0.15, 0.2) is 12.1 Å². The highest BCUT2D eigenvalue weighted by Crippen LogP contribution is 2.35. The van der Waals surface area contributed by atoms with Gasteiger partial charge in [-0.3, -0.25) is 14.9 Å². The fourth-order valence-electron chi connectivity index (χ4n) is 2.88. The van der Waals surface area contributed by atoms with Gasteiger partial charge in [-0.2, -0.15) is 0 Å². The quantitative estimate of drug-likeness (QED) is 0.598. The summed E-state index contributed by atoms with van der Waals surface area (Å²) < 4.78 is 10.5. The summed E-state index contributed by atoms with van der Waals surface area (Å²) in [6.45, 7) is 6.18. The number of rotatable bonds is 4. The number of methoxy groups -OCH3 is 1. The van der Waals surface area contributed by atoms with Crippen LogP contribution in [0.1, 0.15) is 44.0 Å². The van der Waals surface area contributed by atoms with Gasteiger partial charge in [0.25, 0.3) is 11.6 Å². The molecule has 1 aromatic carbocycles. The monoisotopic (exact) mass is 413 g/mol. The summed E-state index contributed by atoms with van der Waals surface area (Å²) in [6.07, 6.45) is 0.275. The van der Waals surface area contributed by atoms with E-state index in [0.717, 1.165) is 6.07 Å². The third-order valence-electron chi connectivity index (χ3n) is 4.10. The van der Waals surface area contributed by atoms with E-state index in [9.17, 15) is 19.7 Å². The molecule has 0 saturated carbocycles. The lowest BCUT2D eigenvalue weighted by molar-refractivity contribution is -0.384. The Bertz CT molecular complexity index is 777. The molecule has 0 radical (unpaired) electrons. The molecule has 154 valence electrons. The van der Waals surface area contributed by atoms with Crippen LogP contribution in [0.2, 0.25) is 5.02 Å². The van der Waals surface area contributed by atoms with Crippen LogP contribution in [-0.4, -0.2) is 53.7 Å². The average Bonchev–Trinajstić information content (AvgIpc) is 2.59. The van der Waals surface area contributed by atoms with Crippen molar-refractivity contribution in [1.82, 2.24) is 10.2 Å². The number of nitrogens with zero attached hydrogens (tertiary/aromatic N) is 2. The van der Waals surface area contributed by atoms with Gasteiger partial charge in [0.2, 0.25) is 0 Å². The van der Waals surface area contributed by atoms with Gasteiger partial charge in [-0.05, 0) is 39.7 Å². The normalized spacial score (nSPS) is 17.0. The predicted octanol–water partition coefficient (Wildman–Crippen LogP) is 3.39. The van der Waals surface area contributed by atoms with Gasteiger partial charge < -0.3 is 19.7 Å². The van der Waals surface area contributed by atoms with Crippen LogP contribution in [0.3, 0.4) is 0 Å². The molecule has 0 spiro atoms. The Morgan fingerprint density at radius 1 is 1.36 bits per heavy atom. The number of carbonyl (C=O) groups excluding carboxylic acids is 2. The highest BCUT2D eigenvalue weighted by molar-refractivity contribution is 6.34. The largest absolute Gasteiger partial charge is 0.495 e. The van der Waals surface area contributed by atoms with Crippen molar-refractivity contribution in [2.24, 2.45) is 0 Å². The van der Waals surface area contributed by atoms with Gasteiger partial charge in [0.15, 0.2) is 5.02 Å². The van der Waals surface area contributed by atoms with Gasteiger partial charge in [-0.15, -0.1) is 0 Å². The standard InChI is InChI=1S/C18H24ClN3O6/c1-18(2,3)20-17(24)28-12-6-5-7-21(10-12)16(23)11-8-13(22(25)26)15(19)14(9-11)27-4/h8-9,12H,5-7,10H2,1-4H3,(H,20,24)/t12-/m1/s1. The van der Waals surface area contributed by atoms with E-state index in [0.29, 0.717) is 19.4 Å². The number of nitro benzene ring substituents is 1. The van der Waals surface area contributed by atoms with Crippen molar-refractivity contribution >= 4 is 29.3 Å². The molecule has 0 aliphatic carbocycles. The first kappa shape index (κ1) is 21.7. The molecule has 0 aromatic heterocycles. The first-order valence-electron chi connectivity index (χ1n) is 8.82. The zero-order chi connectivity index (χ0) is 21.1. The van der Waals surface area contributed by atoms with Crippen LogP contribution in [0, 0.1) is 10.1 Å². The summed E-state index contributed by atoms with van der Waals surface area (Å²) in [5, 5.41) is 13.8. The second-order valence-electron chi connectivity index (χ2n) is 7.56. The molecule has 1 saturated heterocycles. The number of piperidine rings is 1. The van der Waals surface area contributed by atoms with E-state index in [1.54, 1.807) is 0 Å². The highest BCUT2D eigenvalue weighted by atomic mass is 35.5. The maximum atomic E-state index is 12.9. The van der Waals surface area contributed by atoms with Crippen molar-refractivity contribution in [2.45, 2.75) is 45.3 Å². The summed E-state index contributed by atoms with van der Waals surface area (Å²) in [7, 11) is 1.32. The third-order valence-corrected chi connectivity index (χ3v) is 4.48. The van der Waals surface area contributed by atoms with Gasteiger partial charge in [0.05, 0.1) is 24.1 Å².